The molecule has 18 heavy (non-hydrogen) atoms. The molecule has 0 radical (unpaired) electrons. The van der Waals surface area contributed by atoms with E-state index in [1.165, 1.54) is 0 Å². The standard InChI is InChI=1S/C12H15N5O/c18-8-9-7-10(16-15-9)11-3-1-6-17(11)12-13-4-2-5-14-12/h2,4-5,7,11,18H,1,3,6,8H2,(H,15,16). The Morgan fingerprint density at radius 3 is 2.94 bits per heavy atom. The smallest absolute Gasteiger partial charge is 0.225 e. The topological polar surface area (TPSA) is 77.9 Å². The maximum absolute atomic E-state index is 9.07. The lowest BCUT2D eigenvalue weighted by atomic mass is 10.1. The molecule has 1 unspecified atom stereocenters. The lowest BCUT2D eigenvalue weighted by Crippen LogP contribution is -2.24. The number of aliphatic hydroxyl groups excluding tert-OH is 1. The van der Waals surface area contributed by atoms with Gasteiger partial charge in [-0.15, -0.1) is 0 Å². The zero-order chi connectivity index (χ0) is 12.4. The molecule has 0 amide bonds. The van der Waals surface area contributed by atoms with Crippen LogP contribution in [-0.4, -0.2) is 31.8 Å². The second-order valence-electron chi connectivity index (χ2n) is 4.38. The van der Waals surface area contributed by atoms with Crippen molar-refractivity contribution in [1.29, 1.82) is 0 Å². The molecule has 1 aliphatic heterocycles. The minimum atomic E-state index is -0.0123. The van der Waals surface area contributed by atoms with Crippen LogP contribution in [-0.2, 0) is 6.61 Å². The third-order valence-corrected chi connectivity index (χ3v) is 3.22. The Morgan fingerprint density at radius 2 is 2.22 bits per heavy atom. The number of anilines is 1. The monoisotopic (exact) mass is 245 g/mol. The van der Waals surface area contributed by atoms with Crippen molar-refractivity contribution < 1.29 is 5.11 Å². The largest absolute Gasteiger partial charge is 0.390 e. The van der Waals surface area contributed by atoms with E-state index >= 15 is 0 Å². The fraction of sp³-hybridized carbons (Fsp3) is 0.417. The minimum absolute atomic E-state index is 0.0123. The van der Waals surface area contributed by atoms with E-state index in [0.29, 0.717) is 0 Å². The van der Waals surface area contributed by atoms with Crippen molar-refractivity contribution in [3.8, 4) is 0 Å². The molecule has 0 bridgehead atoms. The molecule has 1 saturated heterocycles. The molecule has 6 nitrogen and oxygen atoms in total. The van der Waals surface area contributed by atoms with Crippen LogP contribution in [0.15, 0.2) is 24.5 Å². The molecular formula is C12H15N5O. The Labute approximate surface area is 105 Å². The first-order chi connectivity index (χ1) is 8.88. The van der Waals surface area contributed by atoms with Gasteiger partial charge in [-0.25, -0.2) is 9.97 Å². The quantitative estimate of drug-likeness (QED) is 0.844. The van der Waals surface area contributed by atoms with Crippen molar-refractivity contribution in [1.82, 2.24) is 20.2 Å². The van der Waals surface area contributed by atoms with Gasteiger partial charge in [-0.05, 0) is 25.0 Å². The van der Waals surface area contributed by atoms with Crippen LogP contribution in [0.25, 0.3) is 0 Å². The third-order valence-electron chi connectivity index (χ3n) is 3.22. The molecule has 1 atom stereocenters. The summed E-state index contributed by atoms with van der Waals surface area (Å²) in [5, 5.41) is 16.2. The SMILES string of the molecule is OCc1cc(C2CCCN2c2ncccn2)n[nH]1. The first-order valence-electron chi connectivity index (χ1n) is 6.07. The number of H-pyrrole nitrogens is 1. The van der Waals surface area contributed by atoms with Crippen molar-refractivity contribution in [3.63, 3.8) is 0 Å². The molecule has 0 spiro atoms. The molecule has 1 aliphatic rings. The predicted octanol–water partition coefficient (Wildman–Crippen LogP) is 1.03. The number of aromatic amines is 1. The van der Waals surface area contributed by atoms with E-state index in [-0.39, 0.29) is 12.6 Å². The summed E-state index contributed by atoms with van der Waals surface area (Å²) in [7, 11) is 0. The number of nitrogens with zero attached hydrogens (tertiary/aromatic N) is 4. The normalized spacial score (nSPS) is 19.4. The van der Waals surface area contributed by atoms with E-state index in [4.69, 9.17) is 5.11 Å². The summed E-state index contributed by atoms with van der Waals surface area (Å²) in [6.07, 6.45) is 5.64. The van der Waals surface area contributed by atoms with Crippen LogP contribution in [0.3, 0.4) is 0 Å². The number of aliphatic hydroxyl groups is 1. The van der Waals surface area contributed by atoms with Crippen LogP contribution in [0, 0.1) is 0 Å². The lowest BCUT2D eigenvalue weighted by molar-refractivity contribution is 0.276. The van der Waals surface area contributed by atoms with Crippen molar-refractivity contribution in [2.75, 3.05) is 11.4 Å². The Bertz CT molecular complexity index is 512. The van der Waals surface area contributed by atoms with E-state index < -0.39 is 0 Å². The average Bonchev–Trinajstić information content (AvgIpc) is 3.08. The van der Waals surface area contributed by atoms with Gasteiger partial charge in [0.25, 0.3) is 0 Å². The van der Waals surface area contributed by atoms with Crippen molar-refractivity contribution >= 4 is 5.95 Å². The number of aromatic nitrogens is 4. The van der Waals surface area contributed by atoms with Crippen molar-refractivity contribution in [3.05, 3.63) is 35.9 Å². The fourth-order valence-electron chi connectivity index (χ4n) is 2.38. The molecule has 3 heterocycles. The van der Waals surface area contributed by atoms with Crippen LogP contribution < -0.4 is 4.90 Å². The summed E-state index contributed by atoms with van der Waals surface area (Å²) in [5.74, 6) is 0.744. The van der Waals surface area contributed by atoms with Gasteiger partial charge < -0.3 is 10.0 Å². The predicted molar refractivity (Wildman–Crippen MR) is 65.9 cm³/mol. The van der Waals surface area contributed by atoms with Gasteiger partial charge in [0.2, 0.25) is 5.95 Å². The van der Waals surface area contributed by atoms with Crippen LogP contribution in [0.2, 0.25) is 0 Å². The molecular weight excluding hydrogens is 230 g/mol. The highest BCUT2D eigenvalue weighted by atomic mass is 16.3. The van der Waals surface area contributed by atoms with Gasteiger partial charge in [-0.2, -0.15) is 5.10 Å². The minimum Gasteiger partial charge on any atom is -0.390 e. The summed E-state index contributed by atoms with van der Waals surface area (Å²) in [4.78, 5) is 10.7. The molecule has 0 aromatic carbocycles. The molecule has 94 valence electrons. The summed E-state index contributed by atoms with van der Waals surface area (Å²) < 4.78 is 0. The third kappa shape index (κ3) is 1.95. The first kappa shape index (κ1) is 11.2. The molecule has 2 aromatic rings. The Balaban J connectivity index is 1.87. The Kier molecular flexibility index (Phi) is 2.93. The van der Waals surface area contributed by atoms with E-state index in [9.17, 15) is 0 Å². The number of nitrogens with one attached hydrogen (secondary N) is 1. The van der Waals surface area contributed by atoms with Crippen LogP contribution in [0.5, 0.6) is 0 Å². The van der Waals surface area contributed by atoms with Gasteiger partial charge in [0, 0.05) is 18.9 Å². The van der Waals surface area contributed by atoms with E-state index in [1.807, 2.05) is 12.1 Å². The maximum Gasteiger partial charge on any atom is 0.225 e. The molecule has 2 N–H and O–H groups in total. The Morgan fingerprint density at radius 1 is 1.39 bits per heavy atom. The van der Waals surface area contributed by atoms with Crippen LogP contribution in [0.1, 0.15) is 30.3 Å². The van der Waals surface area contributed by atoms with Gasteiger partial charge in [-0.1, -0.05) is 0 Å². The maximum atomic E-state index is 9.07. The lowest BCUT2D eigenvalue weighted by Gasteiger charge is -2.22. The van der Waals surface area contributed by atoms with Gasteiger partial charge in [0.1, 0.15) is 0 Å². The molecule has 0 saturated carbocycles. The molecule has 6 heteroatoms. The van der Waals surface area contributed by atoms with Crippen LogP contribution >= 0.6 is 0 Å². The number of hydrogen-bond donors (Lipinski definition) is 2. The summed E-state index contributed by atoms with van der Waals surface area (Å²) in [6.45, 7) is 0.928. The van der Waals surface area contributed by atoms with Gasteiger partial charge in [0.15, 0.2) is 0 Å². The molecule has 2 aromatic heterocycles. The van der Waals surface area contributed by atoms with Gasteiger partial charge in [-0.3, -0.25) is 5.10 Å². The van der Waals surface area contributed by atoms with E-state index in [0.717, 1.165) is 36.7 Å². The van der Waals surface area contributed by atoms with Crippen molar-refractivity contribution in [2.45, 2.75) is 25.5 Å². The second-order valence-corrected chi connectivity index (χ2v) is 4.38. The molecule has 0 aliphatic carbocycles. The van der Waals surface area contributed by atoms with Gasteiger partial charge >= 0.3 is 0 Å². The summed E-state index contributed by atoms with van der Waals surface area (Å²) in [5.41, 5.74) is 1.69. The highest BCUT2D eigenvalue weighted by Crippen LogP contribution is 2.33. The first-order valence-corrected chi connectivity index (χ1v) is 6.07. The van der Waals surface area contributed by atoms with E-state index in [2.05, 4.69) is 25.1 Å². The summed E-state index contributed by atoms with van der Waals surface area (Å²) in [6, 6.07) is 3.92. The number of rotatable bonds is 3. The zero-order valence-electron chi connectivity index (χ0n) is 9.95. The zero-order valence-corrected chi connectivity index (χ0v) is 9.95. The fourth-order valence-corrected chi connectivity index (χ4v) is 2.38. The Hall–Kier alpha value is -1.95. The average molecular weight is 245 g/mol. The van der Waals surface area contributed by atoms with E-state index in [1.54, 1.807) is 12.4 Å². The van der Waals surface area contributed by atoms with Crippen LogP contribution in [0.4, 0.5) is 5.95 Å². The molecule has 3 rings (SSSR count). The van der Waals surface area contributed by atoms with Gasteiger partial charge in [0.05, 0.1) is 24.0 Å². The number of hydrogen-bond acceptors (Lipinski definition) is 5. The highest BCUT2D eigenvalue weighted by Gasteiger charge is 2.29. The summed E-state index contributed by atoms with van der Waals surface area (Å²) >= 11 is 0. The highest BCUT2D eigenvalue weighted by molar-refractivity contribution is 5.36. The second kappa shape index (κ2) is 4.73. The molecule has 1 fully saturated rings. The van der Waals surface area contributed by atoms with Crippen molar-refractivity contribution in [2.24, 2.45) is 0 Å².